The minimum absolute atomic E-state index is 0.116. The van der Waals surface area contributed by atoms with E-state index in [4.69, 9.17) is 5.21 Å². The van der Waals surface area contributed by atoms with Crippen molar-refractivity contribution in [1.29, 1.82) is 0 Å². The van der Waals surface area contributed by atoms with Crippen molar-refractivity contribution in [2.75, 3.05) is 33.4 Å². The molecule has 1 rings (SSSR count). The Morgan fingerprint density at radius 2 is 2.00 bits per heavy atom. The van der Waals surface area contributed by atoms with Crippen LogP contribution in [0.5, 0.6) is 0 Å². The highest BCUT2D eigenvalue weighted by atomic mass is 32.2. The lowest BCUT2D eigenvalue weighted by atomic mass is 10.0. The monoisotopic (exact) mass is 350 g/mol. The molecule has 11 heteroatoms. The maximum atomic E-state index is 12.5. The number of rotatable bonds is 5. The molecule has 1 fully saturated rings. The van der Waals surface area contributed by atoms with Gasteiger partial charge in [-0.2, -0.15) is 4.31 Å². The Kier molecular flexibility index (Phi) is 6.08. The summed E-state index contributed by atoms with van der Waals surface area (Å²) in [5.74, 6) is -1.58. The second-order valence-electron chi connectivity index (χ2n) is 5.61. The first kappa shape index (κ1) is 19.3. The second-order valence-corrected chi connectivity index (χ2v) is 7.70. The van der Waals surface area contributed by atoms with Gasteiger partial charge >= 0.3 is 0 Å². The van der Waals surface area contributed by atoms with Crippen molar-refractivity contribution in [3.63, 3.8) is 0 Å². The third-order valence-electron chi connectivity index (χ3n) is 3.79. The highest BCUT2D eigenvalue weighted by molar-refractivity contribution is 7.88. The van der Waals surface area contributed by atoms with E-state index < -0.39 is 40.5 Å². The topological polar surface area (TPSA) is 127 Å². The van der Waals surface area contributed by atoms with E-state index in [0.717, 1.165) is 10.6 Å². The Bertz CT molecular complexity index is 592. The number of carbonyl (C=O) groups excluding carboxylic acids is 3. The molecule has 2 unspecified atom stereocenters. The van der Waals surface area contributed by atoms with Gasteiger partial charge in [0.15, 0.2) is 0 Å². The normalized spacial score (nSPS) is 22.4. The molecule has 0 saturated carbocycles. The highest BCUT2D eigenvalue weighted by Crippen LogP contribution is 2.19. The van der Waals surface area contributed by atoms with E-state index in [9.17, 15) is 22.8 Å². The minimum atomic E-state index is -3.55. The van der Waals surface area contributed by atoms with E-state index >= 15 is 0 Å². The Morgan fingerprint density at radius 1 is 1.43 bits per heavy atom. The van der Waals surface area contributed by atoms with Gasteiger partial charge in [0.2, 0.25) is 27.7 Å². The van der Waals surface area contributed by atoms with Gasteiger partial charge in [-0.1, -0.05) is 0 Å². The molecule has 1 aliphatic heterocycles. The van der Waals surface area contributed by atoms with E-state index in [1.807, 2.05) is 0 Å². The van der Waals surface area contributed by atoms with Crippen LogP contribution in [0.1, 0.15) is 13.3 Å². The number of piperazine rings is 1. The van der Waals surface area contributed by atoms with Gasteiger partial charge < -0.3 is 9.80 Å². The molecule has 1 aliphatic rings. The molecule has 132 valence electrons. The van der Waals surface area contributed by atoms with Gasteiger partial charge in [0.1, 0.15) is 6.04 Å². The van der Waals surface area contributed by atoms with Gasteiger partial charge in [0.25, 0.3) is 0 Å². The molecular formula is C12H22N4O6S. The highest BCUT2D eigenvalue weighted by Gasteiger charge is 2.40. The van der Waals surface area contributed by atoms with Gasteiger partial charge in [-0.05, 0) is 6.92 Å². The Labute approximate surface area is 135 Å². The molecule has 1 saturated heterocycles. The van der Waals surface area contributed by atoms with Gasteiger partial charge in [-0.15, -0.1) is 0 Å². The van der Waals surface area contributed by atoms with Crippen molar-refractivity contribution in [3.05, 3.63) is 0 Å². The average molecular weight is 350 g/mol. The van der Waals surface area contributed by atoms with Crippen molar-refractivity contribution in [3.8, 4) is 0 Å². The summed E-state index contributed by atoms with van der Waals surface area (Å²) < 4.78 is 23.7. The fourth-order valence-corrected chi connectivity index (χ4v) is 2.82. The van der Waals surface area contributed by atoms with E-state index in [0.29, 0.717) is 0 Å². The van der Waals surface area contributed by atoms with Crippen molar-refractivity contribution in [2.24, 2.45) is 0 Å². The summed E-state index contributed by atoms with van der Waals surface area (Å²) in [6, 6.07) is -1.48. The van der Waals surface area contributed by atoms with E-state index in [2.05, 4.69) is 0 Å². The Balaban J connectivity index is 3.01. The molecule has 3 amide bonds. The molecule has 0 spiro atoms. The smallest absolute Gasteiger partial charge is 0.245 e. The zero-order valence-electron chi connectivity index (χ0n) is 13.5. The lowest BCUT2D eigenvalue weighted by Gasteiger charge is -2.43. The maximum absolute atomic E-state index is 12.5. The first-order valence-electron chi connectivity index (χ1n) is 6.89. The zero-order chi connectivity index (χ0) is 17.9. The molecular weight excluding hydrogens is 328 g/mol. The number of carbonyl (C=O) groups is 3. The van der Waals surface area contributed by atoms with Crippen LogP contribution in [-0.4, -0.2) is 91.0 Å². The van der Waals surface area contributed by atoms with Crippen molar-refractivity contribution < 1.29 is 28.0 Å². The quantitative estimate of drug-likeness (QED) is 0.429. The molecule has 0 aromatic carbocycles. The van der Waals surface area contributed by atoms with Crippen LogP contribution in [-0.2, 0) is 24.4 Å². The predicted molar refractivity (Wildman–Crippen MR) is 79.8 cm³/mol. The number of amides is 3. The second kappa shape index (κ2) is 7.23. The van der Waals surface area contributed by atoms with Crippen LogP contribution >= 0.6 is 0 Å². The summed E-state index contributed by atoms with van der Waals surface area (Å²) in [5, 5.41) is 8.66. The van der Waals surface area contributed by atoms with Crippen LogP contribution in [0.15, 0.2) is 0 Å². The molecule has 23 heavy (non-hydrogen) atoms. The van der Waals surface area contributed by atoms with E-state index in [1.54, 1.807) is 7.05 Å². The fourth-order valence-electron chi connectivity index (χ4n) is 2.48. The first-order valence-corrected chi connectivity index (χ1v) is 8.74. The summed E-state index contributed by atoms with van der Waals surface area (Å²) in [7, 11) is -0.748. The van der Waals surface area contributed by atoms with E-state index in [1.165, 1.54) is 29.3 Å². The molecule has 1 heterocycles. The van der Waals surface area contributed by atoms with Crippen LogP contribution in [0.2, 0.25) is 0 Å². The van der Waals surface area contributed by atoms with Crippen LogP contribution in [0.25, 0.3) is 0 Å². The molecule has 0 radical (unpaired) electrons. The third-order valence-corrected chi connectivity index (χ3v) is 5.05. The van der Waals surface area contributed by atoms with Crippen molar-refractivity contribution in [2.45, 2.75) is 25.4 Å². The number of sulfonamides is 1. The van der Waals surface area contributed by atoms with E-state index in [-0.39, 0.29) is 18.9 Å². The SMILES string of the molecule is CC1C(=O)N(C)CC(CC(=O)NO)N1C(=O)CN(C)S(C)(=O)=O. The van der Waals surface area contributed by atoms with Crippen molar-refractivity contribution in [1.82, 2.24) is 19.6 Å². The molecule has 0 aliphatic carbocycles. The number of likely N-dealkylation sites (N-methyl/N-ethyl adjacent to an activating group) is 2. The number of hydroxylamine groups is 1. The Hall–Kier alpha value is -1.72. The first-order chi connectivity index (χ1) is 10.5. The Morgan fingerprint density at radius 3 is 2.48 bits per heavy atom. The largest absolute Gasteiger partial charge is 0.342 e. The fraction of sp³-hybridized carbons (Fsp3) is 0.750. The molecule has 0 aromatic heterocycles. The summed E-state index contributed by atoms with van der Waals surface area (Å²) >= 11 is 0. The average Bonchev–Trinajstić information content (AvgIpc) is 2.43. The number of nitrogens with one attached hydrogen (secondary N) is 1. The standard InChI is InChI=1S/C12H22N4O6S/c1-8-12(19)14(2)6-9(5-10(17)13-20)16(8)11(18)7-15(3)23(4,21)22/h8-9,20H,5-7H2,1-4H3,(H,13,17). The van der Waals surface area contributed by atoms with Gasteiger partial charge in [-0.25, -0.2) is 13.9 Å². The lowest BCUT2D eigenvalue weighted by molar-refractivity contribution is -0.155. The number of hydrogen-bond acceptors (Lipinski definition) is 6. The molecule has 2 atom stereocenters. The van der Waals surface area contributed by atoms with Gasteiger partial charge in [-0.3, -0.25) is 19.6 Å². The van der Waals surface area contributed by atoms with Gasteiger partial charge in [0.05, 0.1) is 25.3 Å². The maximum Gasteiger partial charge on any atom is 0.245 e. The third kappa shape index (κ3) is 4.62. The zero-order valence-corrected chi connectivity index (χ0v) is 14.3. The number of nitrogens with zero attached hydrogens (tertiary/aromatic N) is 3. The summed E-state index contributed by atoms with van der Waals surface area (Å²) in [6.45, 7) is 1.20. The van der Waals surface area contributed by atoms with Crippen LogP contribution < -0.4 is 5.48 Å². The predicted octanol–water partition coefficient (Wildman–Crippen LogP) is -2.17. The molecule has 2 N–H and O–H groups in total. The molecule has 10 nitrogen and oxygen atoms in total. The van der Waals surface area contributed by atoms with Crippen molar-refractivity contribution >= 4 is 27.7 Å². The summed E-state index contributed by atoms with van der Waals surface area (Å²) in [4.78, 5) is 38.5. The van der Waals surface area contributed by atoms with Crippen LogP contribution in [0.4, 0.5) is 0 Å². The van der Waals surface area contributed by atoms with Gasteiger partial charge in [0, 0.05) is 20.6 Å². The van der Waals surface area contributed by atoms with Crippen LogP contribution in [0.3, 0.4) is 0 Å². The summed E-state index contributed by atoms with van der Waals surface area (Å²) in [5.41, 5.74) is 1.49. The lowest BCUT2D eigenvalue weighted by Crippen LogP contribution is -2.63. The minimum Gasteiger partial charge on any atom is -0.342 e. The molecule has 0 aromatic rings. The van der Waals surface area contributed by atoms with Crippen LogP contribution in [0, 0.1) is 0 Å². The summed E-state index contributed by atoms with van der Waals surface area (Å²) in [6.07, 6.45) is 0.766. The molecule has 0 bridgehead atoms. The number of hydrogen-bond donors (Lipinski definition) is 2.